The standard InChI is InChI=1S/C23H31N2O/c1-3-4-14-24(22-17-25(2)15-12-19(22)13-16-25)23(26)21-11-7-9-18-8-5-6-10-20(18)21/h5-11,19,22H,3-4,12-17H2,1-2H3/q+1. The fraction of sp³-hybridized carbons (Fsp3) is 0.522. The molecule has 3 heterocycles. The fourth-order valence-corrected chi connectivity index (χ4v) is 5.05. The van der Waals surface area contributed by atoms with E-state index in [4.69, 9.17) is 0 Å². The summed E-state index contributed by atoms with van der Waals surface area (Å²) in [5, 5.41) is 2.24. The van der Waals surface area contributed by atoms with Gasteiger partial charge in [0, 0.05) is 24.9 Å². The molecule has 0 radical (unpaired) electrons. The van der Waals surface area contributed by atoms with Crippen LogP contribution < -0.4 is 0 Å². The Morgan fingerprint density at radius 2 is 1.85 bits per heavy atom. The molecule has 0 saturated carbocycles. The Balaban J connectivity index is 1.69. The summed E-state index contributed by atoms with van der Waals surface area (Å²) in [6.45, 7) is 6.80. The van der Waals surface area contributed by atoms with Crippen molar-refractivity contribution in [3.63, 3.8) is 0 Å². The molecule has 0 spiro atoms. The minimum atomic E-state index is 0.237. The average Bonchev–Trinajstić information content (AvgIpc) is 2.68. The molecule has 1 amide bonds. The number of benzene rings is 2. The zero-order valence-corrected chi connectivity index (χ0v) is 16.2. The molecule has 3 heteroatoms. The summed E-state index contributed by atoms with van der Waals surface area (Å²) < 4.78 is 1.15. The highest BCUT2D eigenvalue weighted by Crippen LogP contribution is 2.36. The van der Waals surface area contributed by atoms with Crippen molar-refractivity contribution in [2.75, 3.05) is 33.2 Å². The van der Waals surface area contributed by atoms with Crippen molar-refractivity contribution < 1.29 is 9.28 Å². The lowest BCUT2D eigenvalue weighted by molar-refractivity contribution is -0.927. The van der Waals surface area contributed by atoms with Gasteiger partial charge < -0.3 is 9.38 Å². The molecule has 3 aliphatic heterocycles. The van der Waals surface area contributed by atoms with E-state index in [1.54, 1.807) is 0 Å². The number of carbonyl (C=O) groups excluding carboxylic acids is 1. The van der Waals surface area contributed by atoms with E-state index >= 15 is 0 Å². The number of unbranched alkanes of at least 4 members (excludes halogenated alkanes) is 1. The second kappa shape index (κ2) is 7.03. The van der Waals surface area contributed by atoms with Gasteiger partial charge in [-0.15, -0.1) is 0 Å². The molecule has 0 N–H and O–H groups in total. The van der Waals surface area contributed by atoms with Crippen molar-refractivity contribution in [2.45, 2.75) is 38.6 Å². The Hall–Kier alpha value is -1.87. The van der Waals surface area contributed by atoms with Crippen LogP contribution in [0.1, 0.15) is 43.0 Å². The molecular formula is C23H31N2O+. The molecule has 138 valence electrons. The minimum Gasteiger partial charge on any atom is -0.330 e. The van der Waals surface area contributed by atoms with E-state index in [-0.39, 0.29) is 5.91 Å². The Labute approximate surface area is 157 Å². The fourth-order valence-electron chi connectivity index (χ4n) is 5.05. The topological polar surface area (TPSA) is 20.3 Å². The number of hydrogen-bond donors (Lipinski definition) is 0. The number of piperidine rings is 3. The Morgan fingerprint density at radius 1 is 1.12 bits per heavy atom. The quantitative estimate of drug-likeness (QED) is 0.735. The molecule has 3 fully saturated rings. The van der Waals surface area contributed by atoms with Crippen LogP contribution in [0.5, 0.6) is 0 Å². The van der Waals surface area contributed by atoms with Crippen LogP contribution in [0.3, 0.4) is 0 Å². The average molecular weight is 352 g/mol. The molecule has 0 aromatic heterocycles. The monoisotopic (exact) mass is 351 g/mol. The number of amides is 1. The second-order valence-corrected chi connectivity index (χ2v) is 8.53. The molecule has 2 aromatic carbocycles. The highest BCUT2D eigenvalue weighted by atomic mass is 16.2. The molecular weight excluding hydrogens is 320 g/mol. The van der Waals surface area contributed by atoms with Crippen LogP contribution in [0.4, 0.5) is 0 Å². The lowest BCUT2D eigenvalue weighted by Gasteiger charge is -2.53. The van der Waals surface area contributed by atoms with E-state index in [1.807, 2.05) is 24.3 Å². The smallest absolute Gasteiger partial charge is 0.254 e. The molecule has 1 atom stereocenters. The molecule has 2 aromatic rings. The predicted octanol–water partition coefficient (Wildman–Crippen LogP) is 4.32. The van der Waals surface area contributed by atoms with Crippen LogP contribution in [0, 0.1) is 5.92 Å². The van der Waals surface area contributed by atoms with Crippen LogP contribution >= 0.6 is 0 Å². The van der Waals surface area contributed by atoms with Crippen molar-refractivity contribution in [3.05, 3.63) is 48.0 Å². The molecule has 26 heavy (non-hydrogen) atoms. The number of hydrogen-bond acceptors (Lipinski definition) is 1. The van der Waals surface area contributed by atoms with Gasteiger partial charge >= 0.3 is 0 Å². The molecule has 5 rings (SSSR count). The maximum atomic E-state index is 13.7. The number of rotatable bonds is 5. The second-order valence-electron chi connectivity index (χ2n) is 8.53. The number of nitrogens with zero attached hydrogens (tertiary/aromatic N) is 2. The van der Waals surface area contributed by atoms with E-state index in [1.165, 1.54) is 25.9 Å². The van der Waals surface area contributed by atoms with Crippen LogP contribution in [0.2, 0.25) is 0 Å². The van der Waals surface area contributed by atoms with Gasteiger partial charge in [0.15, 0.2) is 0 Å². The van der Waals surface area contributed by atoms with Gasteiger partial charge in [0.25, 0.3) is 5.91 Å². The highest BCUT2D eigenvalue weighted by Gasteiger charge is 2.46. The number of quaternary nitrogens is 1. The molecule has 3 nitrogen and oxygen atoms in total. The molecule has 3 saturated heterocycles. The first-order valence-electron chi connectivity index (χ1n) is 10.2. The normalized spacial score (nSPS) is 27.6. The summed E-state index contributed by atoms with van der Waals surface area (Å²) in [6.07, 6.45) is 4.76. The molecule has 3 aliphatic rings. The van der Waals surface area contributed by atoms with Gasteiger partial charge in [-0.25, -0.2) is 0 Å². The van der Waals surface area contributed by atoms with Gasteiger partial charge in [0.05, 0.1) is 32.7 Å². The third-order valence-electron chi connectivity index (χ3n) is 6.69. The molecule has 2 bridgehead atoms. The summed E-state index contributed by atoms with van der Waals surface area (Å²) in [5.41, 5.74) is 0.873. The van der Waals surface area contributed by atoms with Crippen LogP contribution in [0.15, 0.2) is 42.5 Å². The van der Waals surface area contributed by atoms with E-state index in [2.05, 4.69) is 37.1 Å². The third kappa shape index (κ3) is 3.14. The van der Waals surface area contributed by atoms with E-state index in [0.29, 0.717) is 12.0 Å². The number of carbonyl (C=O) groups is 1. The zero-order valence-electron chi connectivity index (χ0n) is 16.2. The first-order valence-corrected chi connectivity index (χ1v) is 10.2. The maximum Gasteiger partial charge on any atom is 0.254 e. The number of fused-ring (bicyclic) bond motifs is 4. The molecule has 0 aliphatic carbocycles. The Bertz CT molecular complexity index is 786. The first kappa shape index (κ1) is 17.5. The van der Waals surface area contributed by atoms with Crippen molar-refractivity contribution in [3.8, 4) is 0 Å². The summed E-state index contributed by atoms with van der Waals surface area (Å²) in [7, 11) is 2.38. The largest absolute Gasteiger partial charge is 0.330 e. The SMILES string of the molecule is CCCCN(C(=O)c1cccc2ccccc12)C1C[N+]2(C)CCC1CC2. The van der Waals surface area contributed by atoms with Crippen molar-refractivity contribution in [1.82, 2.24) is 4.90 Å². The van der Waals surface area contributed by atoms with Crippen molar-refractivity contribution in [2.24, 2.45) is 5.92 Å². The molecule has 1 unspecified atom stereocenters. The van der Waals surface area contributed by atoms with Crippen molar-refractivity contribution >= 4 is 16.7 Å². The minimum absolute atomic E-state index is 0.237. The lowest BCUT2D eigenvalue weighted by Crippen LogP contribution is -2.66. The zero-order chi connectivity index (χ0) is 18.1. The van der Waals surface area contributed by atoms with Crippen LogP contribution in [0.25, 0.3) is 10.8 Å². The van der Waals surface area contributed by atoms with Gasteiger partial charge in [0.2, 0.25) is 0 Å². The van der Waals surface area contributed by atoms with Crippen LogP contribution in [-0.4, -0.2) is 54.6 Å². The summed E-state index contributed by atoms with van der Waals surface area (Å²) >= 11 is 0. The summed E-state index contributed by atoms with van der Waals surface area (Å²) in [5.74, 6) is 0.923. The summed E-state index contributed by atoms with van der Waals surface area (Å²) in [6, 6.07) is 14.8. The highest BCUT2D eigenvalue weighted by molar-refractivity contribution is 6.07. The van der Waals surface area contributed by atoms with E-state index < -0.39 is 0 Å². The lowest BCUT2D eigenvalue weighted by atomic mass is 9.81. The van der Waals surface area contributed by atoms with E-state index in [9.17, 15) is 4.79 Å². The van der Waals surface area contributed by atoms with Gasteiger partial charge in [-0.3, -0.25) is 4.79 Å². The summed E-state index contributed by atoms with van der Waals surface area (Å²) in [4.78, 5) is 15.9. The van der Waals surface area contributed by atoms with Gasteiger partial charge in [-0.2, -0.15) is 0 Å². The maximum absolute atomic E-state index is 13.7. The third-order valence-corrected chi connectivity index (χ3v) is 6.69. The van der Waals surface area contributed by atoms with Gasteiger partial charge in [-0.05, 0) is 29.2 Å². The predicted molar refractivity (Wildman–Crippen MR) is 107 cm³/mol. The van der Waals surface area contributed by atoms with Crippen LogP contribution in [-0.2, 0) is 0 Å². The first-order chi connectivity index (χ1) is 12.6. The Morgan fingerprint density at radius 3 is 2.58 bits per heavy atom. The van der Waals surface area contributed by atoms with Gasteiger partial charge in [-0.1, -0.05) is 49.7 Å². The van der Waals surface area contributed by atoms with E-state index in [0.717, 1.165) is 46.8 Å². The van der Waals surface area contributed by atoms with Gasteiger partial charge in [0.1, 0.15) is 0 Å². The van der Waals surface area contributed by atoms with Crippen molar-refractivity contribution in [1.29, 1.82) is 0 Å². The number of likely N-dealkylation sites (N-methyl/N-ethyl adjacent to an activating group) is 1. The Kier molecular flexibility index (Phi) is 4.74.